The summed E-state index contributed by atoms with van der Waals surface area (Å²) in [5, 5.41) is 0.653. The Labute approximate surface area is 106 Å². The SMILES string of the molecule is COCCN(Cc1ccccc1Cl)C(=O)CN. The number of carbonyl (C=O) groups excluding carboxylic acids is 1. The third kappa shape index (κ3) is 4.34. The minimum absolute atomic E-state index is 0.00579. The first-order valence-corrected chi connectivity index (χ1v) is 5.77. The molecule has 1 amide bonds. The Morgan fingerprint density at radius 2 is 2.18 bits per heavy atom. The van der Waals surface area contributed by atoms with E-state index in [9.17, 15) is 4.79 Å². The maximum atomic E-state index is 11.6. The van der Waals surface area contributed by atoms with Crippen LogP contribution in [0.15, 0.2) is 24.3 Å². The van der Waals surface area contributed by atoms with Crippen LogP contribution in [-0.4, -0.2) is 37.6 Å². The number of nitrogens with zero attached hydrogens (tertiary/aromatic N) is 1. The Hall–Kier alpha value is -1.10. The fourth-order valence-electron chi connectivity index (χ4n) is 1.45. The van der Waals surface area contributed by atoms with Crippen LogP contribution in [0.3, 0.4) is 0 Å². The van der Waals surface area contributed by atoms with Gasteiger partial charge in [0, 0.05) is 25.2 Å². The first kappa shape index (κ1) is 14.0. The van der Waals surface area contributed by atoms with Crippen LogP contribution >= 0.6 is 11.6 Å². The standard InChI is InChI=1S/C12H17ClN2O2/c1-17-7-6-15(12(16)8-14)9-10-4-2-3-5-11(10)13/h2-5H,6-9,14H2,1H3. The molecule has 0 fully saturated rings. The Morgan fingerprint density at radius 3 is 2.76 bits per heavy atom. The number of amides is 1. The molecular formula is C12H17ClN2O2. The lowest BCUT2D eigenvalue weighted by atomic mass is 10.2. The van der Waals surface area contributed by atoms with Crippen molar-refractivity contribution in [2.75, 3.05) is 26.8 Å². The number of benzene rings is 1. The summed E-state index contributed by atoms with van der Waals surface area (Å²) in [6.45, 7) is 1.45. The van der Waals surface area contributed by atoms with Gasteiger partial charge in [-0.05, 0) is 11.6 Å². The van der Waals surface area contributed by atoms with Crippen molar-refractivity contribution in [3.63, 3.8) is 0 Å². The van der Waals surface area contributed by atoms with Crippen LogP contribution in [-0.2, 0) is 16.1 Å². The molecule has 94 valence electrons. The lowest BCUT2D eigenvalue weighted by Gasteiger charge is -2.22. The molecular weight excluding hydrogens is 240 g/mol. The van der Waals surface area contributed by atoms with Crippen LogP contribution in [0.4, 0.5) is 0 Å². The van der Waals surface area contributed by atoms with E-state index < -0.39 is 0 Å². The van der Waals surface area contributed by atoms with Crippen molar-refractivity contribution in [3.05, 3.63) is 34.9 Å². The zero-order chi connectivity index (χ0) is 12.7. The summed E-state index contributed by atoms with van der Waals surface area (Å²) in [7, 11) is 1.60. The number of rotatable bonds is 6. The maximum Gasteiger partial charge on any atom is 0.236 e. The Kier molecular flexibility index (Phi) is 5.97. The molecule has 1 aromatic rings. The zero-order valence-corrected chi connectivity index (χ0v) is 10.6. The van der Waals surface area contributed by atoms with Gasteiger partial charge < -0.3 is 15.4 Å². The predicted octanol–water partition coefficient (Wildman–Crippen LogP) is 1.27. The number of methoxy groups -OCH3 is 1. The van der Waals surface area contributed by atoms with Gasteiger partial charge in [0.1, 0.15) is 0 Å². The first-order valence-electron chi connectivity index (χ1n) is 5.39. The summed E-state index contributed by atoms with van der Waals surface area (Å²) in [4.78, 5) is 13.3. The van der Waals surface area contributed by atoms with E-state index in [0.29, 0.717) is 24.7 Å². The van der Waals surface area contributed by atoms with Crippen molar-refractivity contribution >= 4 is 17.5 Å². The fourth-order valence-corrected chi connectivity index (χ4v) is 1.65. The second kappa shape index (κ2) is 7.27. The number of nitrogens with two attached hydrogens (primary N) is 1. The molecule has 0 aliphatic heterocycles. The molecule has 0 bridgehead atoms. The quantitative estimate of drug-likeness (QED) is 0.834. The van der Waals surface area contributed by atoms with Gasteiger partial charge in [0.2, 0.25) is 5.91 Å². The molecule has 5 heteroatoms. The van der Waals surface area contributed by atoms with Gasteiger partial charge in [-0.3, -0.25) is 4.79 Å². The summed E-state index contributed by atoms with van der Waals surface area (Å²) < 4.78 is 4.97. The normalized spacial score (nSPS) is 10.3. The smallest absolute Gasteiger partial charge is 0.236 e. The molecule has 17 heavy (non-hydrogen) atoms. The number of ether oxygens (including phenoxy) is 1. The molecule has 2 N–H and O–H groups in total. The second-order valence-corrected chi connectivity index (χ2v) is 4.01. The third-order valence-corrected chi connectivity index (χ3v) is 2.78. The maximum absolute atomic E-state index is 11.6. The van der Waals surface area contributed by atoms with Crippen molar-refractivity contribution in [2.45, 2.75) is 6.54 Å². The molecule has 0 aromatic heterocycles. The van der Waals surface area contributed by atoms with Crippen LogP contribution in [0.25, 0.3) is 0 Å². The molecule has 4 nitrogen and oxygen atoms in total. The van der Waals surface area contributed by atoms with E-state index >= 15 is 0 Å². The molecule has 1 aromatic carbocycles. The van der Waals surface area contributed by atoms with Crippen LogP contribution in [0.5, 0.6) is 0 Å². The highest BCUT2D eigenvalue weighted by atomic mass is 35.5. The zero-order valence-electron chi connectivity index (χ0n) is 9.86. The van der Waals surface area contributed by atoms with E-state index in [4.69, 9.17) is 22.1 Å². The largest absolute Gasteiger partial charge is 0.383 e. The van der Waals surface area contributed by atoms with Gasteiger partial charge in [-0.15, -0.1) is 0 Å². The lowest BCUT2D eigenvalue weighted by Crippen LogP contribution is -2.37. The Bertz CT molecular complexity index is 371. The van der Waals surface area contributed by atoms with E-state index in [2.05, 4.69) is 0 Å². The van der Waals surface area contributed by atoms with Crippen LogP contribution < -0.4 is 5.73 Å². The number of hydrogen-bond acceptors (Lipinski definition) is 3. The average Bonchev–Trinajstić information content (AvgIpc) is 2.35. The van der Waals surface area contributed by atoms with Crippen molar-refractivity contribution < 1.29 is 9.53 Å². The van der Waals surface area contributed by atoms with Crippen LogP contribution in [0, 0.1) is 0 Å². The number of carbonyl (C=O) groups is 1. The van der Waals surface area contributed by atoms with Gasteiger partial charge in [-0.25, -0.2) is 0 Å². The third-order valence-electron chi connectivity index (χ3n) is 2.41. The Morgan fingerprint density at radius 1 is 1.47 bits per heavy atom. The van der Waals surface area contributed by atoms with E-state index in [-0.39, 0.29) is 12.5 Å². The molecule has 0 saturated heterocycles. The topological polar surface area (TPSA) is 55.6 Å². The van der Waals surface area contributed by atoms with Crippen molar-refractivity contribution in [1.82, 2.24) is 4.90 Å². The summed E-state index contributed by atoms with van der Waals surface area (Å²) >= 11 is 6.05. The first-order chi connectivity index (χ1) is 8.19. The minimum atomic E-state index is -0.109. The minimum Gasteiger partial charge on any atom is -0.383 e. The number of hydrogen-bond donors (Lipinski definition) is 1. The molecule has 1 rings (SSSR count). The molecule has 0 radical (unpaired) electrons. The van der Waals surface area contributed by atoms with Crippen molar-refractivity contribution in [3.8, 4) is 0 Å². The van der Waals surface area contributed by atoms with Crippen LogP contribution in [0.1, 0.15) is 5.56 Å². The van der Waals surface area contributed by atoms with E-state index in [1.165, 1.54) is 0 Å². The van der Waals surface area contributed by atoms with Gasteiger partial charge in [-0.1, -0.05) is 29.8 Å². The average molecular weight is 257 g/mol. The fraction of sp³-hybridized carbons (Fsp3) is 0.417. The highest BCUT2D eigenvalue weighted by Gasteiger charge is 2.13. The molecule has 0 unspecified atom stereocenters. The van der Waals surface area contributed by atoms with Crippen molar-refractivity contribution in [1.29, 1.82) is 0 Å². The Balaban J connectivity index is 2.72. The molecule has 0 spiro atoms. The van der Waals surface area contributed by atoms with Gasteiger partial charge in [0.15, 0.2) is 0 Å². The molecule has 0 atom stereocenters. The molecule has 0 heterocycles. The second-order valence-electron chi connectivity index (χ2n) is 3.60. The number of halogens is 1. The van der Waals surface area contributed by atoms with E-state index in [1.807, 2.05) is 18.2 Å². The summed E-state index contributed by atoms with van der Waals surface area (Å²) in [5.41, 5.74) is 6.28. The molecule has 0 aliphatic carbocycles. The lowest BCUT2D eigenvalue weighted by molar-refractivity contribution is -0.130. The van der Waals surface area contributed by atoms with Gasteiger partial charge in [0.05, 0.1) is 13.2 Å². The molecule has 0 saturated carbocycles. The predicted molar refractivity (Wildman–Crippen MR) is 67.8 cm³/mol. The summed E-state index contributed by atoms with van der Waals surface area (Å²) in [6.07, 6.45) is 0. The van der Waals surface area contributed by atoms with Gasteiger partial charge >= 0.3 is 0 Å². The van der Waals surface area contributed by atoms with Crippen LogP contribution in [0.2, 0.25) is 5.02 Å². The monoisotopic (exact) mass is 256 g/mol. The molecule has 0 aliphatic rings. The summed E-state index contributed by atoms with van der Waals surface area (Å²) in [5.74, 6) is -0.109. The van der Waals surface area contributed by atoms with Gasteiger partial charge in [0.25, 0.3) is 0 Å². The van der Waals surface area contributed by atoms with Gasteiger partial charge in [-0.2, -0.15) is 0 Å². The highest BCUT2D eigenvalue weighted by molar-refractivity contribution is 6.31. The van der Waals surface area contributed by atoms with E-state index in [1.54, 1.807) is 18.1 Å². The van der Waals surface area contributed by atoms with E-state index in [0.717, 1.165) is 5.56 Å². The summed E-state index contributed by atoms with van der Waals surface area (Å²) in [6, 6.07) is 7.45. The highest BCUT2D eigenvalue weighted by Crippen LogP contribution is 2.16. The van der Waals surface area contributed by atoms with Crippen molar-refractivity contribution in [2.24, 2.45) is 5.73 Å².